The second kappa shape index (κ2) is 7.97. The van der Waals surface area contributed by atoms with E-state index in [1.807, 2.05) is 6.92 Å². The van der Waals surface area contributed by atoms with Crippen LogP contribution < -0.4 is 10.6 Å². The Morgan fingerprint density at radius 2 is 1.78 bits per heavy atom. The molecule has 4 nitrogen and oxygen atoms in total. The third-order valence-corrected chi connectivity index (χ3v) is 3.20. The Morgan fingerprint density at radius 1 is 1.28 bits per heavy atom. The van der Waals surface area contributed by atoms with Crippen LogP contribution in [-0.4, -0.2) is 48.6 Å². The lowest BCUT2D eigenvalue weighted by molar-refractivity contribution is -0.126. The zero-order valence-corrected chi connectivity index (χ0v) is 13.0. The molecule has 18 heavy (non-hydrogen) atoms. The van der Waals surface area contributed by atoms with Crippen molar-refractivity contribution in [1.29, 1.82) is 0 Å². The summed E-state index contributed by atoms with van der Waals surface area (Å²) in [7, 11) is 0. The molecule has 108 valence electrons. The van der Waals surface area contributed by atoms with Gasteiger partial charge in [0.25, 0.3) is 0 Å². The fourth-order valence-corrected chi connectivity index (χ4v) is 2.30. The standard InChI is InChI=1S/C13H27N3O.ClH/c1-9(2)6-14-13(17)12(5)16-7-10(3)15-11(4)8-16;/h9-12,15H,6-8H2,1-5H3,(H,14,17);1H. The van der Waals surface area contributed by atoms with E-state index >= 15 is 0 Å². The van der Waals surface area contributed by atoms with Gasteiger partial charge in [0.1, 0.15) is 0 Å². The van der Waals surface area contributed by atoms with Crippen LogP contribution in [0, 0.1) is 5.92 Å². The summed E-state index contributed by atoms with van der Waals surface area (Å²) in [5, 5.41) is 6.49. The summed E-state index contributed by atoms with van der Waals surface area (Å²) in [5.41, 5.74) is 0. The molecule has 0 aromatic carbocycles. The first-order valence-corrected chi connectivity index (χ1v) is 6.68. The lowest BCUT2D eigenvalue weighted by Crippen LogP contribution is -2.59. The van der Waals surface area contributed by atoms with Gasteiger partial charge in [0, 0.05) is 31.7 Å². The first-order valence-electron chi connectivity index (χ1n) is 6.68. The van der Waals surface area contributed by atoms with Crippen molar-refractivity contribution in [1.82, 2.24) is 15.5 Å². The van der Waals surface area contributed by atoms with E-state index in [9.17, 15) is 4.79 Å². The topological polar surface area (TPSA) is 44.4 Å². The molecule has 0 radical (unpaired) electrons. The van der Waals surface area contributed by atoms with Gasteiger partial charge in [0.2, 0.25) is 5.91 Å². The smallest absolute Gasteiger partial charge is 0.237 e. The summed E-state index contributed by atoms with van der Waals surface area (Å²) in [5.74, 6) is 0.659. The summed E-state index contributed by atoms with van der Waals surface area (Å²) < 4.78 is 0. The molecular weight excluding hydrogens is 250 g/mol. The number of amides is 1. The Hall–Kier alpha value is -0.320. The average Bonchev–Trinajstić information content (AvgIpc) is 2.23. The third kappa shape index (κ3) is 5.55. The number of hydrogen-bond acceptors (Lipinski definition) is 3. The fraction of sp³-hybridized carbons (Fsp3) is 0.923. The first kappa shape index (κ1) is 17.7. The first-order chi connectivity index (χ1) is 7.90. The molecule has 1 fully saturated rings. The van der Waals surface area contributed by atoms with Gasteiger partial charge in [-0.05, 0) is 26.7 Å². The summed E-state index contributed by atoms with van der Waals surface area (Å²) in [6.45, 7) is 13.2. The number of carbonyl (C=O) groups is 1. The average molecular weight is 278 g/mol. The molecule has 0 aromatic heterocycles. The molecule has 1 aliphatic heterocycles. The highest BCUT2D eigenvalue weighted by atomic mass is 35.5. The van der Waals surface area contributed by atoms with E-state index in [4.69, 9.17) is 0 Å². The van der Waals surface area contributed by atoms with Gasteiger partial charge in [-0.15, -0.1) is 12.4 Å². The second-order valence-corrected chi connectivity index (χ2v) is 5.74. The maximum Gasteiger partial charge on any atom is 0.237 e. The van der Waals surface area contributed by atoms with E-state index in [-0.39, 0.29) is 24.4 Å². The van der Waals surface area contributed by atoms with Crippen LogP contribution in [0.5, 0.6) is 0 Å². The van der Waals surface area contributed by atoms with Crippen molar-refractivity contribution in [2.24, 2.45) is 5.92 Å². The van der Waals surface area contributed by atoms with Crippen molar-refractivity contribution in [3.05, 3.63) is 0 Å². The summed E-state index contributed by atoms with van der Waals surface area (Å²) in [6, 6.07) is 0.888. The summed E-state index contributed by atoms with van der Waals surface area (Å²) >= 11 is 0. The van der Waals surface area contributed by atoms with E-state index in [2.05, 4.69) is 43.2 Å². The Labute approximate surface area is 117 Å². The van der Waals surface area contributed by atoms with Gasteiger partial charge >= 0.3 is 0 Å². The van der Waals surface area contributed by atoms with Crippen LogP contribution in [0.4, 0.5) is 0 Å². The molecule has 0 aromatic rings. The number of nitrogens with one attached hydrogen (secondary N) is 2. The Morgan fingerprint density at radius 3 is 2.22 bits per heavy atom. The van der Waals surface area contributed by atoms with E-state index in [1.54, 1.807) is 0 Å². The van der Waals surface area contributed by atoms with Crippen LogP contribution in [0.15, 0.2) is 0 Å². The molecule has 1 amide bonds. The highest BCUT2D eigenvalue weighted by Crippen LogP contribution is 2.08. The number of rotatable bonds is 4. The number of piperazine rings is 1. The minimum atomic E-state index is -0.0271. The molecule has 3 atom stereocenters. The molecular formula is C13H28ClN3O. The van der Waals surface area contributed by atoms with Crippen LogP contribution in [-0.2, 0) is 4.79 Å². The monoisotopic (exact) mass is 277 g/mol. The second-order valence-electron chi connectivity index (χ2n) is 5.74. The molecule has 1 heterocycles. The van der Waals surface area contributed by atoms with Crippen LogP contribution in [0.25, 0.3) is 0 Å². The third-order valence-electron chi connectivity index (χ3n) is 3.20. The predicted octanol–water partition coefficient (Wildman–Crippen LogP) is 1.25. The molecule has 5 heteroatoms. The van der Waals surface area contributed by atoms with Crippen LogP contribution in [0.1, 0.15) is 34.6 Å². The van der Waals surface area contributed by atoms with Crippen molar-refractivity contribution in [3.8, 4) is 0 Å². The molecule has 0 saturated carbocycles. The normalized spacial score (nSPS) is 26.6. The van der Waals surface area contributed by atoms with E-state index < -0.39 is 0 Å². The van der Waals surface area contributed by atoms with Gasteiger partial charge in [0.05, 0.1) is 6.04 Å². The van der Waals surface area contributed by atoms with Gasteiger partial charge in [0.15, 0.2) is 0 Å². The molecule has 0 aliphatic carbocycles. The SMILES string of the molecule is CC(C)CNC(=O)C(C)N1CC(C)NC(C)C1.Cl. The van der Waals surface area contributed by atoms with Gasteiger partial charge < -0.3 is 10.6 Å². The van der Waals surface area contributed by atoms with Crippen LogP contribution in [0.3, 0.4) is 0 Å². The molecule has 1 aliphatic rings. The Kier molecular flexibility index (Phi) is 7.83. The summed E-state index contributed by atoms with van der Waals surface area (Å²) in [4.78, 5) is 14.3. The highest BCUT2D eigenvalue weighted by Gasteiger charge is 2.28. The van der Waals surface area contributed by atoms with Gasteiger partial charge in [-0.2, -0.15) is 0 Å². The fourth-order valence-electron chi connectivity index (χ4n) is 2.30. The maximum absolute atomic E-state index is 12.0. The van der Waals surface area contributed by atoms with Crippen molar-refractivity contribution in [3.63, 3.8) is 0 Å². The van der Waals surface area contributed by atoms with Crippen LogP contribution in [0.2, 0.25) is 0 Å². The number of hydrogen-bond donors (Lipinski definition) is 2. The van der Waals surface area contributed by atoms with Gasteiger partial charge in [-0.3, -0.25) is 9.69 Å². The van der Waals surface area contributed by atoms with Crippen molar-refractivity contribution < 1.29 is 4.79 Å². The Balaban J connectivity index is 0.00000289. The molecule has 3 unspecified atom stereocenters. The van der Waals surface area contributed by atoms with E-state index in [0.717, 1.165) is 19.6 Å². The summed E-state index contributed by atoms with van der Waals surface area (Å²) in [6.07, 6.45) is 0. The minimum absolute atomic E-state index is 0. The zero-order valence-electron chi connectivity index (χ0n) is 12.2. The lowest BCUT2D eigenvalue weighted by Gasteiger charge is -2.39. The number of nitrogens with zero attached hydrogens (tertiary/aromatic N) is 1. The van der Waals surface area contributed by atoms with E-state index in [0.29, 0.717) is 18.0 Å². The van der Waals surface area contributed by atoms with Crippen molar-refractivity contribution >= 4 is 18.3 Å². The molecule has 0 spiro atoms. The predicted molar refractivity (Wildman–Crippen MR) is 78.2 cm³/mol. The maximum atomic E-state index is 12.0. The van der Waals surface area contributed by atoms with Crippen molar-refractivity contribution in [2.75, 3.05) is 19.6 Å². The quantitative estimate of drug-likeness (QED) is 0.813. The van der Waals surface area contributed by atoms with Gasteiger partial charge in [-0.1, -0.05) is 13.8 Å². The lowest BCUT2D eigenvalue weighted by atomic mass is 10.1. The van der Waals surface area contributed by atoms with Crippen LogP contribution >= 0.6 is 12.4 Å². The Bertz CT molecular complexity index is 251. The molecule has 1 rings (SSSR count). The largest absolute Gasteiger partial charge is 0.354 e. The van der Waals surface area contributed by atoms with E-state index in [1.165, 1.54) is 0 Å². The number of halogens is 1. The highest BCUT2D eigenvalue weighted by molar-refractivity contribution is 5.85. The minimum Gasteiger partial charge on any atom is -0.354 e. The van der Waals surface area contributed by atoms with Crippen molar-refractivity contribution in [2.45, 2.75) is 52.7 Å². The number of carbonyl (C=O) groups excluding carboxylic acids is 1. The molecule has 2 N–H and O–H groups in total. The molecule has 1 saturated heterocycles. The molecule has 0 bridgehead atoms. The zero-order chi connectivity index (χ0) is 13.0. The van der Waals surface area contributed by atoms with Gasteiger partial charge in [-0.25, -0.2) is 0 Å².